The van der Waals surface area contributed by atoms with Crippen LogP contribution in [0.5, 0.6) is 0 Å². The van der Waals surface area contributed by atoms with Gasteiger partial charge in [0.1, 0.15) is 12.9 Å². The Morgan fingerprint density at radius 3 is 2.33 bits per heavy atom. The largest absolute Gasteiger partial charge is 0.463 e. The fourth-order valence-electron chi connectivity index (χ4n) is 0.512. The number of ketones is 1. The molecular formula is C7H12O5. The molecule has 0 saturated heterocycles. The lowest BCUT2D eigenvalue weighted by molar-refractivity contribution is -0.160. The number of rotatable bonds is 5. The van der Waals surface area contributed by atoms with Crippen molar-refractivity contribution >= 4 is 11.8 Å². The standard InChI is InChI=1S/C7H12O5/c1-5(12-4-10-2)6(8)7(9)11-3/h5H,4H2,1-3H3. The van der Waals surface area contributed by atoms with Crippen LogP contribution in [0, 0.1) is 0 Å². The minimum Gasteiger partial charge on any atom is -0.463 e. The molecule has 70 valence electrons. The molecule has 12 heavy (non-hydrogen) atoms. The third-order valence-corrected chi connectivity index (χ3v) is 1.19. The van der Waals surface area contributed by atoms with E-state index in [1.165, 1.54) is 14.0 Å². The molecule has 0 aromatic heterocycles. The van der Waals surface area contributed by atoms with Crippen LogP contribution in [-0.2, 0) is 23.8 Å². The van der Waals surface area contributed by atoms with Crippen LogP contribution in [0.3, 0.4) is 0 Å². The van der Waals surface area contributed by atoms with Gasteiger partial charge in [0, 0.05) is 7.11 Å². The van der Waals surface area contributed by atoms with Crippen molar-refractivity contribution in [3.05, 3.63) is 0 Å². The maximum absolute atomic E-state index is 10.9. The first kappa shape index (κ1) is 11.1. The molecule has 0 aromatic carbocycles. The summed E-state index contributed by atoms with van der Waals surface area (Å²) in [5.74, 6) is -1.62. The smallest absolute Gasteiger partial charge is 0.377 e. The van der Waals surface area contributed by atoms with Crippen LogP contribution in [0.2, 0.25) is 0 Å². The number of carbonyl (C=O) groups excluding carboxylic acids is 2. The molecule has 5 heteroatoms. The van der Waals surface area contributed by atoms with Crippen LogP contribution in [0.1, 0.15) is 6.92 Å². The third-order valence-electron chi connectivity index (χ3n) is 1.19. The zero-order chi connectivity index (χ0) is 9.56. The molecule has 0 aliphatic carbocycles. The van der Waals surface area contributed by atoms with Crippen molar-refractivity contribution < 1.29 is 23.8 Å². The van der Waals surface area contributed by atoms with Crippen LogP contribution in [-0.4, -0.2) is 38.9 Å². The number of hydrogen-bond donors (Lipinski definition) is 0. The summed E-state index contributed by atoms with van der Waals surface area (Å²) in [6, 6.07) is 0. The Bertz CT molecular complexity index is 165. The van der Waals surface area contributed by atoms with Crippen molar-refractivity contribution in [2.45, 2.75) is 13.0 Å². The predicted octanol–water partition coefficient (Wildman–Crippen LogP) is -0.262. The van der Waals surface area contributed by atoms with E-state index in [9.17, 15) is 9.59 Å². The molecule has 0 aliphatic heterocycles. The highest BCUT2D eigenvalue weighted by Crippen LogP contribution is 1.94. The van der Waals surface area contributed by atoms with Crippen LogP contribution >= 0.6 is 0 Å². The Hall–Kier alpha value is -0.940. The van der Waals surface area contributed by atoms with Gasteiger partial charge in [-0.25, -0.2) is 4.79 Å². The minimum atomic E-state index is -0.904. The van der Waals surface area contributed by atoms with E-state index >= 15 is 0 Å². The molecule has 0 saturated carbocycles. The van der Waals surface area contributed by atoms with Gasteiger partial charge in [-0.1, -0.05) is 0 Å². The van der Waals surface area contributed by atoms with Crippen molar-refractivity contribution in [2.75, 3.05) is 21.0 Å². The molecule has 0 rings (SSSR count). The van der Waals surface area contributed by atoms with Crippen molar-refractivity contribution in [2.24, 2.45) is 0 Å². The number of ether oxygens (including phenoxy) is 3. The van der Waals surface area contributed by atoms with Gasteiger partial charge >= 0.3 is 5.97 Å². The summed E-state index contributed by atoms with van der Waals surface area (Å²) < 4.78 is 13.6. The summed E-state index contributed by atoms with van der Waals surface area (Å²) in [6.07, 6.45) is -0.822. The van der Waals surface area contributed by atoms with E-state index in [0.717, 1.165) is 7.11 Å². The van der Waals surface area contributed by atoms with E-state index in [-0.39, 0.29) is 6.79 Å². The van der Waals surface area contributed by atoms with Gasteiger partial charge in [-0.05, 0) is 6.92 Å². The van der Waals surface area contributed by atoms with Crippen LogP contribution in [0.15, 0.2) is 0 Å². The fraction of sp³-hybridized carbons (Fsp3) is 0.714. The zero-order valence-electron chi connectivity index (χ0n) is 7.33. The summed E-state index contributed by atoms with van der Waals surface area (Å²) in [4.78, 5) is 21.5. The molecule has 0 fully saturated rings. The Labute approximate surface area is 70.6 Å². The predicted molar refractivity (Wildman–Crippen MR) is 39.4 cm³/mol. The molecule has 1 atom stereocenters. The topological polar surface area (TPSA) is 61.8 Å². The highest BCUT2D eigenvalue weighted by molar-refractivity contribution is 6.35. The zero-order valence-corrected chi connectivity index (χ0v) is 7.33. The van der Waals surface area contributed by atoms with Gasteiger partial charge in [-0.2, -0.15) is 0 Å². The van der Waals surface area contributed by atoms with Gasteiger partial charge in [0.2, 0.25) is 0 Å². The van der Waals surface area contributed by atoms with Crippen LogP contribution in [0.25, 0.3) is 0 Å². The highest BCUT2D eigenvalue weighted by atomic mass is 16.7. The Balaban J connectivity index is 3.84. The number of Topliss-reactive ketones (excluding diaryl/α,β-unsaturated/α-hetero) is 1. The number of carbonyl (C=O) groups is 2. The average molecular weight is 176 g/mol. The van der Waals surface area contributed by atoms with E-state index in [4.69, 9.17) is 4.74 Å². The average Bonchev–Trinajstić information content (AvgIpc) is 2.11. The van der Waals surface area contributed by atoms with Crippen LogP contribution in [0.4, 0.5) is 0 Å². The van der Waals surface area contributed by atoms with E-state index in [2.05, 4.69) is 9.47 Å². The number of methoxy groups -OCH3 is 2. The summed E-state index contributed by atoms with van der Waals surface area (Å²) in [7, 11) is 2.57. The SMILES string of the molecule is COCOC(C)C(=O)C(=O)OC. The Morgan fingerprint density at radius 2 is 1.92 bits per heavy atom. The first-order valence-electron chi connectivity index (χ1n) is 3.36. The molecule has 0 heterocycles. The summed E-state index contributed by atoms with van der Waals surface area (Å²) in [5.41, 5.74) is 0. The van der Waals surface area contributed by atoms with Gasteiger partial charge in [0.25, 0.3) is 5.78 Å². The fourth-order valence-corrected chi connectivity index (χ4v) is 0.512. The quantitative estimate of drug-likeness (QED) is 0.328. The summed E-state index contributed by atoms with van der Waals surface area (Å²) >= 11 is 0. The lowest BCUT2D eigenvalue weighted by Crippen LogP contribution is -2.29. The first-order valence-corrected chi connectivity index (χ1v) is 3.36. The second-order valence-electron chi connectivity index (χ2n) is 2.07. The molecule has 0 aromatic rings. The first-order chi connectivity index (χ1) is 5.63. The molecular weight excluding hydrogens is 164 g/mol. The maximum atomic E-state index is 10.9. The van der Waals surface area contributed by atoms with Crippen molar-refractivity contribution in [3.8, 4) is 0 Å². The molecule has 0 N–H and O–H groups in total. The minimum absolute atomic E-state index is 0.0239. The summed E-state index contributed by atoms with van der Waals surface area (Å²) in [5, 5.41) is 0. The van der Waals surface area contributed by atoms with Gasteiger partial charge in [0.05, 0.1) is 7.11 Å². The normalized spacial score (nSPS) is 12.2. The van der Waals surface area contributed by atoms with Gasteiger partial charge < -0.3 is 14.2 Å². The maximum Gasteiger partial charge on any atom is 0.377 e. The van der Waals surface area contributed by atoms with E-state index in [0.29, 0.717) is 0 Å². The molecule has 1 unspecified atom stereocenters. The Morgan fingerprint density at radius 1 is 1.33 bits per heavy atom. The second kappa shape index (κ2) is 5.68. The highest BCUT2D eigenvalue weighted by Gasteiger charge is 2.22. The van der Waals surface area contributed by atoms with Crippen molar-refractivity contribution in [1.29, 1.82) is 0 Å². The molecule has 0 bridgehead atoms. The second-order valence-corrected chi connectivity index (χ2v) is 2.07. The Kier molecular flexibility index (Phi) is 5.23. The van der Waals surface area contributed by atoms with E-state index in [1.54, 1.807) is 0 Å². The summed E-state index contributed by atoms with van der Waals surface area (Å²) in [6.45, 7) is 1.43. The lowest BCUT2D eigenvalue weighted by Gasteiger charge is -2.08. The number of esters is 1. The lowest BCUT2D eigenvalue weighted by atomic mass is 10.2. The van der Waals surface area contributed by atoms with E-state index in [1.807, 2.05) is 0 Å². The van der Waals surface area contributed by atoms with Gasteiger partial charge in [-0.3, -0.25) is 4.79 Å². The molecule has 0 aliphatic rings. The van der Waals surface area contributed by atoms with Crippen molar-refractivity contribution in [3.63, 3.8) is 0 Å². The molecule has 5 nitrogen and oxygen atoms in total. The van der Waals surface area contributed by atoms with Crippen molar-refractivity contribution in [1.82, 2.24) is 0 Å². The molecule has 0 radical (unpaired) electrons. The number of hydrogen-bond acceptors (Lipinski definition) is 5. The van der Waals surface area contributed by atoms with E-state index < -0.39 is 17.9 Å². The third kappa shape index (κ3) is 3.45. The molecule has 0 amide bonds. The van der Waals surface area contributed by atoms with Gasteiger partial charge in [0.15, 0.2) is 0 Å². The monoisotopic (exact) mass is 176 g/mol. The molecule has 0 spiro atoms. The van der Waals surface area contributed by atoms with Gasteiger partial charge in [-0.15, -0.1) is 0 Å². The van der Waals surface area contributed by atoms with Crippen LogP contribution < -0.4 is 0 Å².